The average molecular weight is 217 g/mol. The van der Waals surface area contributed by atoms with Gasteiger partial charge in [0, 0.05) is 6.04 Å². The number of benzene rings is 1. The second kappa shape index (κ2) is 5.49. The Hall–Kier alpha value is -0.820. The molecule has 1 aliphatic carbocycles. The first-order chi connectivity index (χ1) is 7.81. The number of hydrogen-bond donors (Lipinski definition) is 1. The highest BCUT2D eigenvalue weighted by Gasteiger charge is 2.19. The Morgan fingerprint density at radius 1 is 1.25 bits per heavy atom. The number of rotatable bonds is 5. The van der Waals surface area contributed by atoms with Gasteiger partial charge in [0.15, 0.2) is 0 Å². The molecule has 1 fully saturated rings. The van der Waals surface area contributed by atoms with E-state index in [9.17, 15) is 0 Å². The van der Waals surface area contributed by atoms with Crippen LogP contribution < -0.4 is 5.73 Å². The molecular weight excluding hydrogens is 194 g/mol. The first kappa shape index (κ1) is 11.7. The van der Waals surface area contributed by atoms with E-state index in [1.54, 1.807) is 0 Å². The van der Waals surface area contributed by atoms with E-state index in [-0.39, 0.29) is 6.04 Å². The summed E-state index contributed by atoms with van der Waals surface area (Å²) in [6.07, 6.45) is 7.73. The van der Waals surface area contributed by atoms with Crippen LogP contribution in [0, 0.1) is 0 Å². The van der Waals surface area contributed by atoms with Gasteiger partial charge in [0.1, 0.15) is 0 Å². The van der Waals surface area contributed by atoms with Crippen LogP contribution in [0.3, 0.4) is 0 Å². The maximum atomic E-state index is 6.15. The van der Waals surface area contributed by atoms with Gasteiger partial charge in [0.2, 0.25) is 0 Å². The Morgan fingerprint density at radius 2 is 1.94 bits per heavy atom. The van der Waals surface area contributed by atoms with E-state index < -0.39 is 0 Å². The zero-order chi connectivity index (χ0) is 11.4. The highest BCUT2D eigenvalue weighted by molar-refractivity contribution is 5.28. The molecule has 1 aromatic rings. The molecule has 0 heterocycles. The molecule has 0 spiro atoms. The lowest BCUT2D eigenvalue weighted by Gasteiger charge is -2.26. The van der Waals surface area contributed by atoms with Crippen LogP contribution in [0.25, 0.3) is 0 Å². The Morgan fingerprint density at radius 3 is 2.44 bits per heavy atom. The van der Waals surface area contributed by atoms with Gasteiger partial charge in [0.25, 0.3) is 0 Å². The van der Waals surface area contributed by atoms with Gasteiger partial charge in [-0.3, -0.25) is 0 Å². The van der Waals surface area contributed by atoms with Crippen molar-refractivity contribution in [2.45, 2.75) is 57.4 Å². The van der Waals surface area contributed by atoms with E-state index in [2.05, 4.69) is 31.2 Å². The minimum Gasteiger partial charge on any atom is -0.324 e. The minimum absolute atomic E-state index is 0.232. The maximum Gasteiger partial charge on any atom is 0.0294 e. The first-order valence-electron chi connectivity index (χ1n) is 6.66. The fourth-order valence-electron chi connectivity index (χ4n) is 2.35. The lowest BCUT2D eigenvalue weighted by atomic mass is 9.80. The molecule has 1 aromatic carbocycles. The SMILES string of the molecule is CCCCC(N)c1ccc(C2CCC2)cc1. The molecule has 0 aromatic heterocycles. The van der Waals surface area contributed by atoms with Crippen LogP contribution in [0.2, 0.25) is 0 Å². The number of nitrogens with two attached hydrogens (primary N) is 1. The summed E-state index contributed by atoms with van der Waals surface area (Å²) in [6, 6.07) is 9.26. The summed E-state index contributed by atoms with van der Waals surface area (Å²) in [7, 11) is 0. The Balaban J connectivity index is 1.95. The van der Waals surface area contributed by atoms with Crippen LogP contribution >= 0.6 is 0 Å². The van der Waals surface area contributed by atoms with Crippen molar-refractivity contribution < 1.29 is 0 Å². The third kappa shape index (κ3) is 2.65. The topological polar surface area (TPSA) is 26.0 Å². The third-order valence-corrected chi connectivity index (χ3v) is 3.81. The zero-order valence-corrected chi connectivity index (χ0v) is 10.3. The van der Waals surface area contributed by atoms with Crippen molar-refractivity contribution in [3.63, 3.8) is 0 Å². The zero-order valence-electron chi connectivity index (χ0n) is 10.3. The van der Waals surface area contributed by atoms with Gasteiger partial charge in [-0.15, -0.1) is 0 Å². The van der Waals surface area contributed by atoms with Crippen molar-refractivity contribution in [2.75, 3.05) is 0 Å². The van der Waals surface area contributed by atoms with Gasteiger partial charge in [0.05, 0.1) is 0 Å². The highest BCUT2D eigenvalue weighted by atomic mass is 14.6. The van der Waals surface area contributed by atoms with Crippen molar-refractivity contribution in [2.24, 2.45) is 5.73 Å². The quantitative estimate of drug-likeness (QED) is 0.788. The molecule has 0 amide bonds. The summed E-state index contributed by atoms with van der Waals surface area (Å²) in [5.41, 5.74) is 8.97. The molecule has 0 bridgehead atoms. The van der Waals surface area contributed by atoms with Gasteiger partial charge < -0.3 is 5.73 Å². The van der Waals surface area contributed by atoms with Gasteiger partial charge >= 0.3 is 0 Å². The van der Waals surface area contributed by atoms with Gasteiger partial charge in [-0.1, -0.05) is 50.5 Å². The van der Waals surface area contributed by atoms with E-state index in [1.165, 1.54) is 43.2 Å². The van der Waals surface area contributed by atoms with Crippen LogP contribution in [-0.2, 0) is 0 Å². The Bertz CT molecular complexity index is 311. The van der Waals surface area contributed by atoms with E-state index in [1.807, 2.05) is 0 Å². The monoisotopic (exact) mass is 217 g/mol. The summed E-state index contributed by atoms with van der Waals surface area (Å²) in [6.45, 7) is 2.21. The molecule has 0 saturated heterocycles. The molecule has 1 atom stereocenters. The predicted molar refractivity (Wildman–Crippen MR) is 69.5 cm³/mol. The number of hydrogen-bond acceptors (Lipinski definition) is 1. The molecule has 1 saturated carbocycles. The van der Waals surface area contributed by atoms with Crippen LogP contribution in [0.1, 0.15) is 68.5 Å². The summed E-state index contributed by atoms with van der Waals surface area (Å²) in [4.78, 5) is 0. The summed E-state index contributed by atoms with van der Waals surface area (Å²) < 4.78 is 0. The minimum atomic E-state index is 0.232. The first-order valence-corrected chi connectivity index (χ1v) is 6.66. The Labute approximate surface area is 99.0 Å². The van der Waals surface area contributed by atoms with Gasteiger partial charge in [-0.2, -0.15) is 0 Å². The van der Waals surface area contributed by atoms with Crippen LogP contribution in [0.15, 0.2) is 24.3 Å². The van der Waals surface area contributed by atoms with Gasteiger partial charge in [-0.05, 0) is 36.3 Å². The van der Waals surface area contributed by atoms with Gasteiger partial charge in [-0.25, -0.2) is 0 Å². The molecule has 2 rings (SSSR count). The molecule has 0 aliphatic heterocycles. The van der Waals surface area contributed by atoms with Crippen molar-refractivity contribution in [3.05, 3.63) is 35.4 Å². The maximum absolute atomic E-state index is 6.15. The van der Waals surface area contributed by atoms with E-state index in [0.717, 1.165) is 12.3 Å². The van der Waals surface area contributed by atoms with Crippen LogP contribution in [-0.4, -0.2) is 0 Å². The standard InChI is InChI=1S/C15H23N/c1-2-3-7-15(16)14-10-8-13(9-11-14)12-5-4-6-12/h8-12,15H,2-7,16H2,1H3. The fourth-order valence-corrected chi connectivity index (χ4v) is 2.35. The van der Waals surface area contributed by atoms with Crippen molar-refractivity contribution >= 4 is 0 Å². The van der Waals surface area contributed by atoms with E-state index in [4.69, 9.17) is 5.73 Å². The molecule has 0 radical (unpaired) electrons. The summed E-state index contributed by atoms with van der Waals surface area (Å²) in [5.74, 6) is 0.834. The summed E-state index contributed by atoms with van der Waals surface area (Å²) in [5, 5.41) is 0. The van der Waals surface area contributed by atoms with Crippen molar-refractivity contribution in [3.8, 4) is 0 Å². The average Bonchev–Trinajstić information content (AvgIpc) is 2.24. The van der Waals surface area contributed by atoms with Crippen molar-refractivity contribution in [1.29, 1.82) is 0 Å². The van der Waals surface area contributed by atoms with Crippen LogP contribution in [0.4, 0.5) is 0 Å². The largest absolute Gasteiger partial charge is 0.324 e. The van der Waals surface area contributed by atoms with E-state index in [0.29, 0.717) is 0 Å². The van der Waals surface area contributed by atoms with Crippen LogP contribution in [0.5, 0.6) is 0 Å². The number of unbranched alkanes of at least 4 members (excludes halogenated alkanes) is 1. The third-order valence-electron chi connectivity index (χ3n) is 3.81. The lowest BCUT2D eigenvalue weighted by Crippen LogP contribution is -2.11. The molecule has 1 heteroatoms. The fraction of sp³-hybridized carbons (Fsp3) is 0.600. The molecule has 1 unspecified atom stereocenters. The predicted octanol–water partition coefficient (Wildman–Crippen LogP) is 4.14. The second-order valence-corrected chi connectivity index (χ2v) is 5.04. The molecule has 88 valence electrons. The lowest BCUT2D eigenvalue weighted by molar-refractivity contribution is 0.419. The molecule has 16 heavy (non-hydrogen) atoms. The molecule has 2 N–H and O–H groups in total. The van der Waals surface area contributed by atoms with E-state index >= 15 is 0 Å². The normalized spacial score (nSPS) is 18.1. The molecule has 1 aliphatic rings. The molecule has 1 nitrogen and oxygen atoms in total. The highest BCUT2D eigenvalue weighted by Crippen LogP contribution is 2.36. The second-order valence-electron chi connectivity index (χ2n) is 5.04. The summed E-state index contributed by atoms with van der Waals surface area (Å²) >= 11 is 0. The Kier molecular flexibility index (Phi) is 4.00. The molecular formula is C15H23N. The van der Waals surface area contributed by atoms with Crippen molar-refractivity contribution in [1.82, 2.24) is 0 Å². The smallest absolute Gasteiger partial charge is 0.0294 e.